The minimum Gasteiger partial charge on any atom is -0.394 e. The third kappa shape index (κ3) is 3.19. The fourth-order valence-electron chi connectivity index (χ4n) is 3.51. The molecule has 0 aliphatic carbocycles. The van der Waals surface area contributed by atoms with Crippen molar-refractivity contribution in [2.45, 2.75) is 18.0 Å². The van der Waals surface area contributed by atoms with E-state index in [1.165, 1.54) is 24.1 Å². The average molecular weight is 354 g/mol. The standard InChI is InChI=1S/C20H19FN2O3/c1-26-12-19(25)23-17(10-22)20(18(23)11-24)14-7-5-13(6-8-14)15-3-2-4-16(21)9-15/h2-9,17-18,20,24H,11-12H2,1H3/t17-,18+,20+/m0/s1. The van der Waals surface area contributed by atoms with Gasteiger partial charge in [0.05, 0.1) is 18.7 Å². The van der Waals surface area contributed by atoms with Gasteiger partial charge in [-0.25, -0.2) is 4.39 Å². The molecule has 1 heterocycles. The van der Waals surface area contributed by atoms with Gasteiger partial charge in [0.15, 0.2) is 0 Å². The Morgan fingerprint density at radius 2 is 2.00 bits per heavy atom. The molecule has 0 bridgehead atoms. The maximum atomic E-state index is 13.4. The zero-order chi connectivity index (χ0) is 18.7. The molecule has 1 aliphatic heterocycles. The Morgan fingerprint density at radius 3 is 2.58 bits per heavy atom. The Bertz CT molecular complexity index is 832. The van der Waals surface area contributed by atoms with Gasteiger partial charge in [-0.05, 0) is 28.8 Å². The van der Waals surface area contributed by atoms with Gasteiger partial charge in [0.2, 0.25) is 5.91 Å². The summed E-state index contributed by atoms with van der Waals surface area (Å²) in [6.45, 7) is -0.357. The fraction of sp³-hybridized carbons (Fsp3) is 0.300. The van der Waals surface area contributed by atoms with Crippen molar-refractivity contribution in [1.29, 1.82) is 5.26 Å². The number of rotatable bonds is 5. The SMILES string of the molecule is COCC(=O)N1[C@H](CO)[C@H](c2ccc(-c3cccc(F)c3)cc2)[C@@H]1C#N. The minimum atomic E-state index is -0.644. The third-order valence-electron chi connectivity index (χ3n) is 4.74. The molecule has 3 atom stereocenters. The van der Waals surface area contributed by atoms with E-state index in [0.717, 1.165) is 16.7 Å². The maximum Gasteiger partial charge on any atom is 0.249 e. The van der Waals surface area contributed by atoms with Crippen LogP contribution in [0.3, 0.4) is 0 Å². The number of hydrogen-bond donors (Lipinski definition) is 1. The molecule has 6 heteroatoms. The molecule has 5 nitrogen and oxygen atoms in total. The highest BCUT2D eigenvalue weighted by atomic mass is 19.1. The van der Waals surface area contributed by atoms with E-state index >= 15 is 0 Å². The Labute approximate surface area is 151 Å². The van der Waals surface area contributed by atoms with E-state index in [-0.39, 0.29) is 30.9 Å². The van der Waals surface area contributed by atoms with Gasteiger partial charge in [-0.1, -0.05) is 36.4 Å². The Kier molecular flexibility index (Phi) is 5.31. The number of hydrogen-bond acceptors (Lipinski definition) is 4. The molecule has 1 amide bonds. The van der Waals surface area contributed by atoms with Crippen LogP contribution in [0, 0.1) is 17.1 Å². The van der Waals surface area contributed by atoms with Crippen molar-refractivity contribution in [3.05, 3.63) is 59.9 Å². The predicted octanol–water partition coefficient (Wildman–Crippen LogP) is 2.32. The number of aliphatic hydroxyl groups is 1. The van der Waals surface area contributed by atoms with Crippen LogP contribution in [0.4, 0.5) is 4.39 Å². The molecule has 1 saturated heterocycles. The van der Waals surface area contributed by atoms with Gasteiger partial charge in [-0.3, -0.25) is 4.79 Å². The smallest absolute Gasteiger partial charge is 0.249 e. The number of ether oxygens (including phenoxy) is 1. The van der Waals surface area contributed by atoms with E-state index in [9.17, 15) is 19.6 Å². The molecule has 0 aromatic heterocycles. The zero-order valence-corrected chi connectivity index (χ0v) is 14.3. The van der Waals surface area contributed by atoms with Crippen LogP contribution in [0.5, 0.6) is 0 Å². The van der Waals surface area contributed by atoms with Crippen LogP contribution in [0.2, 0.25) is 0 Å². The second kappa shape index (κ2) is 7.65. The molecule has 0 unspecified atom stereocenters. The van der Waals surface area contributed by atoms with Gasteiger partial charge in [-0.15, -0.1) is 0 Å². The lowest BCUT2D eigenvalue weighted by molar-refractivity contribution is -0.150. The van der Waals surface area contributed by atoms with Crippen LogP contribution < -0.4 is 0 Å². The van der Waals surface area contributed by atoms with Gasteiger partial charge in [0.25, 0.3) is 0 Å². The molecule has 2 aromatic rings. The first-order valence-electron chi connectivity index (χ1n) is 8.27. The quantitative estimate of drug-likeness (QED) is 0.894. The van der Waals surface area contributed by atoms with Crippen molar-refractivity contribution in [3.8, 4) is 17.2 Å². The summed E-state index contributed by atoms with van der Waals surface area (Å²) >= 11 is 0. The zero-order valence-electron chi connectivity index (χ0n) is 14.3. The van der Waals surface area contributed by atoms with Gasteiger partial charge in [0.1, 0.15) is 18.5 Å². The van der Waals surface area contributed by atoms with Gasteiger partial charge >= 0.3 is 0 Å². The maximum absolute atomic E-state index is 13.4. The monoisotopic (exact) mass is 354 g/mol. The van der Waals surface area contributed by atoms with Crippen LogP contribution in [-0.4, -0.2) is 48.3 Å². The second-order valence-corrected chi connectivity index (χ2v) is 6.22. The molecule has 3 rings (SSSR count). The summed E-state index contributed by atoms with van der Waals surface area (Å²) in [5.74, 6) is -0.888. The summed E-state index contributed by atoms with van der Waals surface area (Å²) < 4.78 is 18.2. The van der Waals surface area contributed by atoms with E-state index < -0.39 is 12.1 Å². The topological polar surface area (TPSA) is 73.6 Å². The van der Waals surface area contributed by atoms with Crippen LogP contribution in [0.15, 0.2) is 48.5 Å². The summed E-state index contributed by atoms with van der Waals surface area (Å²) in [6, 6.07) is 14.8. The molecule has 2 aromatic carbocycles. The lowest BCUT2D eigenvalue weighted by Crippen LogP contribution is -2.65. The molecule has 26 heavy (non-hydrogen) atoms. The van der Waals surface area contributed by atoms with E-state index in [1.54, 1.807) is 6.07 Å². The van der Waals surface area contributed by atoms with Crippen LogP contribution in [0.1, 0.15) is 11.5 Å². The average Bonchev–Trinajstić information content (AvgIpc) is 2.62. The van der Waals surface area contributed by atoms with Crippen LogP contribution in [0.25, 0.3) is 11.1 Å². The highest BCUT2D eigenvalue weighted by molar-refractivity contribution is 5.80. The van der Waals surface area contributed by atoms with E-state index in [2.05, 4.69) is 6.07 Å². The number of halogens is 1. The van der Waals surface area contributed by atoms with Crippen molar-refractivity contribution >= 4 is 5.91 Å². The van der Waals surface area contributed by atoms with Crippen molar-refractivity contribution < 1.29 is 19.0 Å². The normalized spacial score (nSPS) is 21.8. The fourth-order valence-corrected chi connectivity index (χ4v) is 3.51. The van der Waals surface area contributed by atoms with Crippen molar-refractivity contribution in [2.75, 3.05) is 20.3 Å². The number of nitriles is 1. The number of amides is 1. The van der Waals surface area contributed by atoms with Gasteiger partial charge < -0.3 is 14.7 Å². The largest absolute Gasteiger partial charge is 0.394 e. The minimum absolute atomic E-state index is 0.125. The molecule has 1 fully saturated rings. The lowest BCUT2D eigenvalue weighted by atomic mass is 9.75. The summed E-state index contributed by atoms with van der Waals surface area (Å²) in [6.07, 6.45) is 0. The van der Waals surface area contributed by atoms with Crippen molar-refractivity contribution in [1.82, 2.24) is 4.90 Å². The number of methoxy groups -OCH3 is 1. The number of benzene rings is 2. The molecule has 1 aliphatic rings. The van der Waals surface area contributed by atoms with Gasteiger partial charge in [0, 0.05) is 13.0 Å². The van der Waals surface area contributed by atoms with Crippen LogP contribution in [-0.2, 0) is 9.53 Å². The number of aliphatic hydroxyl groups excluding tert-OH is 1. The summed E-state index contributed by atoms with van der Waals surface area (Å²) in [5, 5.41) is 19.2. The van der Waals surface area contributed by atoms with Crippen LogP contribution >= 0.6 is 0 Å². The number of nitrogens with zero attached hydrogens (tertiary/aromatic N) is 2. The number of carbonyl (C=O) groups is 1. The highest BCUT2D eigenvalue weighted by Gasteiger charge is 2.51. The van der Waals surface area contributed by atoms with E-state index in [1.807, 2.05) is 30.3 Å². The van der Waals surface area contributed by atoms with E-state index in [0.29, 0.717) is 0 Å². The second-order valence-electron chi connectivity index (χ2n) is 6.22. The highest BCUT2D eigenvalue weighted by Crippen LogP contribution is 2.40. The molecule has 0 radical (unpaired) electrons. The summed E-state index contributed by atoms with van der Waals surface area (Å²) in [7, 11) is 1.41. The molecule has 0 spiro atoms. The molecular weight excluding hydrogens is 335 g/mol. The summed E-state index contributed by atoms with van der Waals surface area (Å²) in [4.78, 5) is 13.5. The number of carbonyl (C=O) groups excluding carboxylic acids is 1. The third-order valence-corrected chi connectivity index (χ3v) is 4.74. The molecule has 0 saturated carbocycles. The summed E-state index contributed by atoms with van der Waals surface area (Å²) in [5.41, 5.74) is 2.48. The number of likely N-dealkylation sites (tertiary alicyclic amines) is 1. The first-order chi connectivity index (χ1) is 12.6. The van der Waals surface area contributed by atoms with E-state index in [4.69, 9.17) is 4.74 Å². The Hall–Kier alpha value is -2.75. The van der Waals surface area contributed by atoms with Crippen molar-refractivity contribution in [2.24, 2.45) is 0 Å². The predicted molar refractivity (Wildman–Crippen MR) is 93.6 cm³/mol. The first kappa shape index (κ1) is 18.1. The Morgan fingerprint density at radius 1 is 1.27 bits per heavy atom. The Balaban J connectivity index is 1.84. The lowest BCUT2D eigenvalue weighted by Gasteiger charge is -2.51. The molecular formula is C20H19FN2O3. The first-order valence-corrected chi connectivity index (χ1v) is 8.27. The van der Waals surface area contributed by atoms with Gasteiger partial charge in [-0.2, -0.15) is 5.26 Å². The van der Waals surface area contributed by atoms with Crippen molar-refractivity contribution in [3.63, 3.8) is 0 Å². The molecule has 134 valence electrons. The molecule has 1 N–H and O–H groups in total.